The summed E-state index contributed by atoms with van der Waals surface area (Å²) in [6, 6.07) is 25.2. The normalized spacial score (nSPS) is 10.5. The lowest BCUT2D eigenvalue weighted by atomic mass is 10.1. The molecule has 0 bridgehead atoms. The molecule has 1 amide bonds. The molecule has 31 heavy (non-hydrogen) atoms. The van der Waals surface area contributed by atoms with E-state index in [-0.39, 0.29) is 5.91 Å². The van der Waals surface area contributed by atoms with Gasteiger partial charge in [0, 0.05) is 17.5 Å². The van der Waals surface area contributed by atoms with Crippen LogP contribution in [0.4, 0.5) is 5.69 Å². The van der Waals surface area contributed by atoms with Crippen LogP contribution >= 0.6 is 11.3 Å². The number of aromatic nitrogens is 1. The number of anilines is 1. The molecule has 0 radical (unpaired) electrons. The van der Waals surface area contributed by atoms with Crippen LogP contribution in [0.2, 0.25) is 0 Å². The van der Waals surface area contributed by atoms with Crippen molar-refractivity contribution in [2.24, 2.45) is 0 Å². The van der Waals surface area contributed by atoms with E-state index in [0.29, 0.717) is 24.4 Å². The second-order valence-electron chi connectivity index (χ2n) is 6.90. The van der Waals surface area contributed by atoms with Gasteiger partial charge in [-0.1, -0.05) is 42.5 Å². The van der Waals surface area contributed by atoms with E-state index < -0.39 is 0 Å². The third-order valence-electron chi connectivity index (χ3n) is 4.66. The molecular formula is C25H22N2O3S. The fourth-order valence-corrected chi connectivity index (χ4v) is 3.79. The van der Waals surface area contributed by atoms with Gasteiger partial charge in [-0.05, 0) is 47.5 Å². The summed E-state index contributed by atoms with van der Waals surface area (Å²) in [5, 5.41) is 5.56. The van der Waals surface area contributed by atoms with Crippen LogP contribution in [0, 0.1) is 0 Å². The summed E-state index contributed by atoms with van der Waals surface area (Å²) >= 11 is 1.48. The smallest absolute Gasteiger partial charge is 0.275 e. The molecule has 0 saturated carbocycles. The topological polar surface area (TPSA) is 60.5 Å². The minimum absolute atomic E-state index is 0.227. The zero-order valence-corrected chi connectivity index (χ0v) is 17.9. The van der Waals surface area contributed by atoms with Crippen LogP contribution in [0.3, 0.4) is 0 Å². The quantitative estimate of drug-likeness (QED) is 0.397. The molecule has 0 spiro atoms. The Morgan fingerprint density at radius 2 is 1.61 bits per heavy atom. The summed E-state index contributed by atoms with van der Waals surface area (Å²) in [6.07, 6.45) is 0.676. The summed E-state index contributed by atoms with van der Waals surface area (Å²) < 4.78 is 11.0. The summed E-state index contributed by atoms with van der Waals surface area (Å²) in [4.78, 5) is 17.0. The largest absolute Gasteiger partial charge is 0.497 e. The minimum atomic E-state index is -0.227. The molecule has 4 rings (SSSR count). The lowest BCUT2D eigenvalue weighted by molar-refractivity contribution is 0.102. The van der Waals surface area contributed by atoms with E-state index in [1.165, 1.54) is 11.3 Å². The van der Waals surface area contributed by atoms with Crippen molar-refractivity contribution in [1.29, 1.82) is 0 Å². The first-order chi connectivity index (χ1) is 15.2. The monoisotopic (exact) mass is 430 g/mol. The van der Waals surface area contributed by atoms with Crippen molar-refractivity contribution in [3.8, 4) is 11.5 Å². The van der Waals surface area contributed by atoms with Gasteiger partial charge in [-0.3, -0.25) is 4.79 Å². The number of rotatable bonds is 8. The molecule has 3 aromatic carbocycles. The maximum absolute atomic E-state index is 12.5. The van der Waals surface area contributed by atoms with Crippen LogP contribution < -0.4 is 14.8 Å². The number of thiazole rings is 1. The van der Waals surface area contributed by atoms with E-state index in [9.17, 15) is 4.79 Å². The van der Waals surface area contributed by atoms with E-state index in [2.05, 4.69) is 10.3 Å². The molecule has 1 heterocycles. The second-order valence-corrected chi connectivity index (χ2v) is 7.85. The third kappa shape index (κ3) is 5.71. The Kier molecular flexibility index (Phi) is 6.59. The number of amides is 1. The van der Waals surface area contributed by atoms with Gasteiger partial charge < -0.3 is 14.8 Å². The molecule has 0 unspecified atom stereocenters. The van der Waals surface area contributed by atoms with Crippen molar-refractivity contribution in [2.75, 3.05) is 12.4 Å². The van der Waals surface area contributed by atoms with Gasteiger partial charge in [0.15, 0.2) is 0 Å². The van der Waals surface area contributed by atoms with Gasteiger partial charge >= 0.3 is 0 Å². The maximum Gasteiger partial charge on any atom is 0.275 e. The van der Waals surface area contributed by atoms with Crippen LogP contribution in [0.1, 0.15) is 26.6 Å². The fraction of sp³-hybridized carbons (Fsp3) is 0.120. The van der Waals surface area contributed by atoms with E-state index in [1.807, 2.05) is 78.9 Å². The third-order valence-corrected chi connectivity index (χ3v) is 5.51. The first-order valence-corrected chi connectivity index (χ1v) is 10.7. The van der Waals surface area contributed by atoms with Crippen molar-refractivity contribution >= 4 is 22.9 Å². The van der Waals surface area contributed by atoms with E-state index in [4.69, 9.17) is 9.47 Å². The Balaban J connectivity index is 1.31. The number of benzene rings is 3. The highest BCUT2D eigenvalue weighted by molar-refractivity contribution is 7.09. The van der Waals surface area contributed by atoms with Crippen molar-refractivity contribution < 1.29 is 14.3 Å². The zero-order valence-electron chi connectivity index (χ0n) is 17.1. The fourth-order valence-electron chi connectivity index (χ4n) is 2.98. The van der Waals surface area contributed by atoms with Crippen molar-refractivity contribution in [1.82, 2.24) is 4.98 Å². The summed E-state index contributed by atoms with van der Waals surface area (Å²) in [7, 11) is 1.64. The number of nitrogens with one attached hydrogen (secondary N) is 1. The van der Waals surface area contributed by atoms with Gasteiger partial charge in [-0.25, -0.2) is 4.98 Å². The van der Waals surface area contributed by atoms with E-state index in [0.717, 1.165) is 27.6 Å². The van der Waals surface area contributed by atoms with Gasteiger partial charge in [-0.2, -0.15) is 0 Å². The predicted molar refractivity (Wildman–Crippen MR) is 123 cm³/mol. The first-order valence-electron chi connectivity index (χ1n) is 9.85. The number of hydrogen-bond donors (Lipinski definition) is 1. The SMILES string of the molecule is COc1ccc(Cc2nc(C(=O)Nc3ccc(OCc4ccccc4)cc3)cs2)cc1. The lowest BCUT2D eigenvalue weighted by Gasteiger charge is -2.08. The number of carbonyl (C=O) groups is 1. The lowest BCUT2D eigenvalue weighted by Crippen LogP contribution is -2.12. The summed E-state index contributed by atoms with van der Waals surface area (Å²) in [5.74, 6) is 1.34. The maximum atomic E-state index is 12.5. The standard InChI is InChI=1S/C25H22N2O3S/c1-29-21-11-7-18(8-12-21)15-24-27-23(17-31-24)25(28)26-20-9-13-22(14-10-20)30-16-19-5-3-2-4-6-19/h2-14,17H,15-16H2,1H3,(H,26,28). The van der Waals surface area contributed by atoms with Crippen LogP contribution in [0.25, 0.3) is 0 Å². The Morgan fingerprint density at radius 3 is 2.32 bits per heavy atom. The molecule has 1 aromatic heterocycles. The Morgan fingerprint density at radius 1 is 0.903 bits per heavy atom. The average Bonchev–Trinajstić information content (AvgIpc) is 3.28. The summed E-state index contributed by atoms with van der Waals surface area (Å²) in [6.45, 7) is 0.502. The Hall–Kier alpha value is -3.64. The molecule has 0 aliphatic heterocycles. The molecule has 156 valence electrons. The molecule has 0 fully saturated rings. The number of ether oxygens (including phenoxy) is 2. The van der Waals surface area contributed by atoms with Crippen LogP contribution in [-0.4, -0.2) is 18.0 Å². The molecule has 0 aliphatic carbocycles. The van der Waals surface area contributed by atoms with Gasteiger partial charge in [0.2, 0.25) is 0 Å². The first kappa shape index (κ1) is 20.6. The number of methoxy groups -OCH3 is 1. The summed E-state index contributed by atoms with van der Waals surface area (Å²) in [5.41, 5.74) is 3.33. The molecule has 6 heteroatoms. The second kappa shape index (κ2) is 9.91. The van der Waals surface area contributed by atoms with E-state index >= 15 is 0 Å². The van der Waals surface area contributed by atoms with Gasteiger partial charge in [0.25, 0.3) is 5.91 Å². The van der Waals surface area contributed by atoms with Crippen LogP contribution in [0.15, 0.2) is 84.2 Å². The van der Waals surface area contributed by atoms with Crippen LogP contribution in [0.5, 0.6) is 11.5 Å². The minimum Gasteiger partial charge on any atom is -0.497 e. The number of hydrogen-bond acceptors (Lipinski definition) is 5. The van der Waals surface area contributed by atoms with Crippen molar-refractivity contribution in [3.05, 3.63) is 106 Å². The van der Waals surface area contributed by atoms with Gasteiger partial charge in [-0.15, -0.1) is 11.3 Å². The predicted octanol–water partition coefficient (Wildman–Crippen LogP) is 5.57. The van der Waals surface area contributed by atoms with Crippen molar-refractivity contribution in [2.45, 2.75) is 13.0 Å². The highest BCUT2D eigenvalue weighted by Gasteiger charge is 2.12. The molecular weight excluding hydrogens is 408 g/mol. The Bertz CT molecular complexity index is 1120. The molecule has 0 aliphatic rings. The Labute approximate surface area is 185 Å². The molecule has 0 saturated heterocycles. The number of nitrogens with zero attached hydrogens (tertiary/aromatic N) is 1. The molecule has 5 nitrogen and oxygen atoms in total. The van der Waals surface area contributed by atoms with Gasteiger partial charge in [0.1, 0.15) is 23.8 Å². The van der Waals surface area contributed by atoms with Crippen LogP contribution in [-0.2, 0) is 13.0 Å². The molecule has 4 aromatic rings. The highest BCUT2D eigenvalue weighted by atomic mass is 32.1. The average molecular weight is 431 g/mol. The number of carbonyl (C=O) groups excluding carboxylic acids is 1. The highest BCUT2D eigenvalue weighted by Crippen LogP contribution is 2.20. The van der Waals surface area contributed by atoms with Gasteiger partial charge in [0.05, 0.1) is 12.1 Å². The molecule has 1 N–H and O–H groups in total. The molecule has 0 atom stereocenters. The zero-order chi connectivity index (χ0) is 21.5. The van der Waals surface area contributed by atoms with Crippen molar-refractivity contribution in [3.63, 3.8) is 0 Å². The van der Waals surface area contributed by atoms with E-state index in [1.54, 1.807) is 12.5 Å².